The van der Waals surface area contributed by atoms with Gasteiger partial charge in [-0.15, -0.1) is 0 Å². The van der Waals surface area contributed by atoms with Gasteiger partial charge in [0, 0.05) is 6.54 Å². The summed E-state index contributed by atoms with van der Waals surface area (Å²) in [6.07, 6.45) is 2.46. The Kier molecular flexibility index (Phi) is 5.56. The number of hydrogen-bond acceptors (Lipinski definition) is 3. The van der Waals surface area contributed by atoms with Crippen LogP contribution in [0.3, 0.4) is 0 Å². The number of hydrogen-bond donors (Lipinski definition) is 2. The van der Waals surface area contributed by atoms with Crippen molar-refractivity contribution in [2.45, 2.75) is 25.8 Å². The number of nitrogens with zero attached hydrogens (tertiary/aromatic N) is 1. The molecule has 0 saturated carbocycles. The summed E-state index contributed by atoms with van der Waals surface area (Å²) in [5.74, 6) is 0.720. The molecule has 1 aromatic rings. The fraction of sp³-hybridized carbons (Fsp3) is 0.562. The number of nitrogens with one attached hydrogen (secondary N) is 1. The Labute approximate surface area is 121 Å². The van der Waals surface area contributed by atoms with E-state index in [1.54, 1.807) is 0 Å². The maximum absolute atomic E-state index is 11.4. The summed E-state index contributed by atoms with van der Waals surface area (Å²) in [6.45, 7) is 5.19. The smallest absolute Gasteiger partial charge is 0.233 e. The molecule has 1 unspecified atom stereocenters. The van der Waals surface area contributed by atoms with Crippen molar-refractivity contribution in [2.24, 2.45) is 11.7 Å². The van der Waals surface area contributed by atoms with Gasteiger partial charge in [0.1, 0.15) is 0 Å². The fourth-order valence-electron chi connectivity index (χ4n) is 2.76. The van der Waals surface area contributed by atoms with Crippen molar-refractivity contribution in [2.75, 3.05) is 26.2 Å². The van der Waals surface area contributed by atoms with E-state index in [1.165, 1.54) is 18.4 Å². The third kappa shape index (κ3) is 4.05. The summed E-state index contributed by atoms with van der Waals surface area (Å²) in [6, 6.07) is 10.7. The molecule has 3 N–H and O–H groups in total. The highest BCUT2D eigenvalue weighted by Crippen LogP contribution is 2.26. The van der Waals surface area contributed by atoms with Gasteiger partial charge in [0.25, 0.3) is 0 Å². The topological polar surface area (TPSA) is 58.4 Å². The van der Waals surface area contributed by atoms with Gasteiger partial charge >= 0.3 is 0 Å². The fourth-order valence-corrected chi connectivity index (χ4v) is 2.76. The van der Waals surface area contributed by atoms with Gasteiger partial charge in [0.05, 0.1) is 12.6 Å². The molecule has 0 radical (unpaired) electrons. The molecule has 1 amide bonds. The number of benzene rings is 1. The van der Waals surface area contributed by atoms with Gasteiger partial charge in [0.2, 0.25) is 5.91 Å². The number of rotatable bonds is 5. The average molecular weight is 275 g/mol. The summed E-state index contributed by atoms with van der Waals surface area (Å²) >= 11 is 0. The largest absolute Gasteiger partial charge is 0.353 e. The first-order valence-electron chi connectivity index (χ1n) is 7.46. The van der Waals surface area contributed by atoms with Gasteiger partial charge < -0.3 is 11.1 Å². The van der Waals surface area contributed by atoms with E-state index in [2.05, 4.69) is 41.4 Å². The van der Waals surface area contributed by atoms with Crippen LogP contribution in [-0.4, -0.2) is 37.0 Å². The van der Waals surface area contributed by atoms with Crippen molar-refractivity contribution in [1.29, 1.82) is 0 Å². The quantitative estimate of drug-likeness (QED) is 0.857. The third-order valence-electron chi connectivity index (χ3n) is 4.12. The van der Waals surface area contributed by atoms with Crippen molar-refractivity contribution in [3.63, 3.8) is 0 Å². The molecule has 1 fully saturated rings. The highest BCUT2D eigenvalue weighted by Gasteiger charge is 2.24. The predicted molar refractivity (Wildman–Crippen MR) is 81.2 cm³/mol. The first kappa shape index (κ1) is 15.0. The molecule has 20 heavy (non-hydrogen) atoms. The molecule has 4 nitrogen and oxygen atoms in total. The summed E-state index contributed by atoms with van der Waals surface area (Å²) in [7, 11) is 0. The Morgan fingerprint density at radius 3 is 2.60 bits per heavy atom. The zero-order chi connectivity index (χ0) is 14.4. The van der Waals surface area contributed by atoms with Gasteiger partial charge in [-0.25, -0.2) is 0 Å². The Morgan fingerprint density at radius 1 is 1.35 bits per heavy atom. The molecule has 1 atom stereocenters. The lowest BCUT2D eigenvalue weighted by Gasteiger charge is -2.37. The average Bonchev–Trinajstić information content (AvgIpc) is 2.50. The van der Waals surface area contributed by atoms with Crippen LogP contribution >= 0.6 is 0 Å². The summed E-state index contributed by atoms with van der Waals surface area (Å²) in [5.41, 5.74) is 6.63. The van der Waals surface area contributed by atoms with Gasteiger partial charge in [-0.3, -0.25) is 9.69 Å². The molecule has 2 rings (SSSR count). The second-order valence-corrected chi connectivity index (χ2v) is 5.65. The number of piperidine rings is 1. The number of carbonyl (C=O) groups is 1. The van der Waals surface area contributed by atoms with Crippen molar-refractivity contribution in [3.8, 4) is 0 Å². The van der Waals surface area contributed by atoms with Crippen LogP contribution in [0.25, 0.3) is 0 Å². The minimum atomic E-state index is -0.0868. The Hall–Kier alpha value is -1.39. The molecule has 0 aliphatic carbocycles. The Balaban J connectivity index is 2.05. The molecule has 1 aliphatic heterocycles. The standard InChI is InChI=1S/C16H25N3O/c1-13-7-9-19(10-8-13)15(12-18-16(20)11-17)14-5-3-2-4-6-14/h2-6,13,15H,7-12,17H2,1H3,(H,18,20). The van der Waals surface area contributed by atoms with E-state index in [9.17, 15) is 4.79 Å². The molecule has 1 aliphatic rings. The van der Waals surface area contributed by atoms with Crippen LogP contribution in [0.4, 0.5) is 0 Å². The van der Waals surface area contributed by atoms with Crippen LogP contribution in [0.2, 0.25) is 0 Å². The maximum atomic E-state index is 11.4. The first-order chi connectivity index (χ1) is 9.70. The second kappa shape index (κ2) is 7.41. The van der Waals surface area contributed by atoms with Crippen molar-refractivity contribution >= 4 is 5.91 Å². The van der Waals surface area contributed by atoms with Crippen molar-refractivity contribution in [3.05, 3.63) is 35.9 Å². The number of likely N-dealkylation sites (tertiary alicyclic amines) is 1. The highest BCUT2D eigenvalue weighted by molar-refractivity contribution is 5.77. The lowest BCUT2D eigenvalue weighted by molar-refractivity contribution is -0.120. The van der Waals surface area contributed by atoms with Gasteiger partial charge in [-0.1, -0.05) is 37.3 Å². The SMILES string of the molecule is CC1CCN(C(CNC(=O)CN)c2ccccc2)CC1. The van der Waals surface area contributed by atoms with E-state index >= 15 is 0 Å². The lowest BCUT2D eigenvalue weighted by Crippen LogP contribution is -2.43. The maximum Gasteiger partial charge on any atom is 0.233 e. The molecule has 4 heteroatoms. The van der Waals surface area contributed by atoms with Gasteiger partial charge in [0.15, 0.2) is 0 Å². The van der Waals surface area contributed by atoms with Crippen molar-refractivity contribution in [1.82, 2.24) is 10.2 Å². The zero-order valence-corrected chi connectivity index (χ0v) is 12.2. The van der Waals surface area contributed by atoms with E-state index in [4.69, 9.17) is 5.73 Å². The Morgan fingerprint density at radius 2 is 2.00 bits per heavy atom. The summed E-state index contributed by atoms with van der Waals surface area (Å²) < 4.78 is 0. The third-order valence-corrected chi connectivity index (χ3v) is 4.12. The van der Waals surface area contributed by atoms with E-state index in [1.807, 2.05) is 6.07 Å². The van der Waals surface area contributed by atoms with E-state index in [0.717, 1.165) is 19.0 Å². The molecule has 0 aromatic heterocycles. The van der Waals surface area contributed by atoms with Crippen LogP contribution in [0, 0.1) is 5.92 Å². The minimum Gasteiger partial charge on any atom is -0.353 e. The number of amides is 1. The first-order valence-corrected chi connectivity index (χ1v) is 7.46. The minimum absolute atomic E-state index is 0.0541. The molecule has 1 saturated heterocycles. The number of carbonyl (C=O) groups excluding carboxylic acids is 1. The second-order valence-electron chi connectivity index (χ2n) is 5.65. The number of nitrogens with two attached hydrogens (primary N) is 1. The summed E-state index contributed by atoms with van der Waals surface area (Å²) in [5, 5.41) is 2.93. The van der Waals surface area contributed by atoms with Crippen LogP contribution in [0.5, 0.6) is 0 Å². The van der Waals surface area contributed by atoms with Crippen LogP contribution in [0.1, 0.15) is 31.4 Å². The zero-order valence-electron chi connectivity index (χ0n) is 12.2. The van der Waals surface area contributed by atoms with E-state index in [0.29, 0.717) is 6.54 Å². The van der Waals surface area contributed by atoms with Crippen molar-refractivity contribution < 1.29 is 4.79 Å². The molecule has 1 aromatic carbocycles. The summed E-state index contributed by atoms with van der Waals surface area (Å²) in [4.78, 5) is 13.9. The van der Waals surface area contributed by atoms with E-state index in [-0.39, 0.29) is 18.5 Å². The molecule has 0 bridgehead atoms. The predicted octanol–water partition coefficient (Wildman–Crippen LogP) is 1.53. The van der Waals surface area contributed by atoms with Crippen LogP contribution in [0.15, 0.2) is 30.3 Å². The highest BCUT2D eigenvalue weighted by atomic mass is 16.1. The Bertz CT molecular complexity index is 413. The van der Waals surface area contributed by atoms with Crippen LogP contribution < -0.4 is 11.1 Å². The normalized spacial score (nSPS) is 18.7. The molecule has 0 spiro atoms. The van der Waals surface area contributed by atoms with Crippen LogP contribution in [-0.2, 0) is 4.79 Å². The molecule has 1 heterocycles. The molecule has 110 valence electrons. The van der Waals surface area contributed by atoms with Gasteiger partial charge in [-0.2, -0.15) is 0 Å². The molecular formula is C16H25N3O. The monoisotopic (exact) mass is 275 g/mol. The molecular weight excluding hydrogens is 250 g/mol. The lowest BCUT2D eigenvalue weighted by atomic mass is 9.95. The van der Waals surface area contributed by atoms with E-state index < -0.39 is 0 Å². The van der Waals surface area contributed by atoms with Gasteiger partial charge in [-0.05, 0) is 37.4 Å².